The van der Waals surface area contributed by atoms with Gasteiger partial charge in [-0.05, 0) is 25.2 Å². The normalized spacial score (nSPS) is 22.9. The standard InChI is InChI=1S/C16H33N3O2.HI/c1-6-20-11-9-18-15(17-5)19-12-13-8-7-10-21-14(13)16(2,3)4;/h13-14H,6-12H2,1-5H3,(H2,17,18,19);1H. The fourth-order valence-corrected chi connectivity index (χ4v) is 2.84. The van der Waals surface area contributed by atoms with Gasteiger partial charge in [0, 0.05) is 39.3 Å². The molecule has 1 fully saturated rings. The van der Waals surface area contributed by atoms with Crippen LogP contribution in [0.2, 0.25) is 0 Å². The predicted molar refractivity (Wildman–Crippen MR) is 103 cm³/mol. The minimum Gasteiger partial charge on any atom is -0.380 e. The highest BCUT2D eigenvalue weighted by atomic mass is 127. The number of hydrogen-bond acceptors (Lipinski definition) is 3. The number of hydrogen-bond donors (Lipinski definition) is 2. The number of guanidine groups is 1. The van der Waals surface area contributed by atoms with Crippen molar-refractivity contribution in [3.63, 3.8) is 0 Å². The van der Waals surface area contributed by atoms with E-state index < -0.39 is 0 Å². The van der Waals surface area contributed by atoms with Crippen LogP contribution in [0.15, 0.2) is 4.99 Å². The summed E-state index contributed by atoms with van der Waals surface area (Å²) >= 11 is 0. The van der Waals surface area contributed by atoms with Gasteiger partial charge in [-0.25, -0.2) is 0 Å². The molecule has 132 valence electrons. The van der Waals surface area contributed by atoms with Crippen molar-refractivity contribution in [1.82, 2.24) is 10.6 Å². The fraction of sp³-hybridized carbons (Fsp3) is 0.938. The lowest BCUT2D eigenvalue weighted by atomic mass is 9.78. The second-order valence-corrected chi connectivity index (χ2v) is 6.64. The first-order valence-corrected chi connectivity index (χ1v) is 8.13. The van der Waals surface area contributed by atoms with E-state index in [2.05, 4.69) is 36.4 Å². The van der Waals surface area contributed by atoms with E-state index in [9.17, 15) is 0 Å². The van der Waals surface area contributed by atoms with Crippen LogP contribution >= 0.6 is 24.0 Å². The Labute approximate surface area is 153 Å². The van der Waals surface area contributed by atoms with Crippen molar-refractivity contribution in [1.29, 1.82) is 0 Å². The van der Waals surface area contributed by atoms with Crippen LogP contribution in [0.1, 0.15) is 40.5 Å². The number of aliphatic imine (C=N–C) groups is 1. The van der Waals surface area contributed by atoms with Gasteiger partial charge >= 0.3 is 0 Å². The molecule has 1 aliphatic heterocycles. The van der Waals surface area contributed by atoms with E-state index in [4.69, 9.17) is 9.47 Å². The van der Waals surface area contributed by atoms with Crippen molar-refractivity contribution in [2.24, 2.45) is 16.3 Å². The van der Waals surface area contributed by atoms with Crippen molar-refractivity contribution < 1.29 is 9.47 Å². The summed E-state index contributed by atoms with van der Waals surface area (Å²) < 4.78 is 11.3. The molecule has 2 atom stereocenters. The maximum atomic E-state index is 6.01. The van der Waals surface area contributed by atoms with Gasteiger partial charge in [0.2, 0.25) is 0 Å². The van der Waals surface area contributed by atoms with Crippen LogP contribution in [-0.2, 0) is 9.47 Å². The molecule has 0 spiro atoms. The number of rotatable bonds is 6. The first-order chi connectivity index (χ1) is 9.99. The zero-order chi connectivity index (χ0) is 15.7. The van der Waals surface area contributed by atoms with E-state index >= 15 is 0 Å². The molecule has 0 aromatic carbocycles. The number of ether oxygens (including phenoxy) is 2. The Kier molecular flexibility index (Phi) is 11.4. The van der Waals surface area contributed by atoms with Crippen LogP contribution in [0, 0.1) is 11.3 Å². The molecule has 0 aliphatic carbocycles. The lowest BCUT2D eigenvalue weighted by Crippen LogP contribution is -2.47. The summed E-state index contributed by atoms with van der Waals surface area (Å²) in [6, 6.07) is 0. The molecule has 6 heteroatoms. The Hall–Kier alpha value is -0.0800. The number of halogens is 1. The third-order valence-corrected chi connectivity index (χ3v) is 3.80. The van der Waals surface area contributed by atoms with E-state index in [0.717, 1.165) is 38.7 Å². The molecular formula is C16H34IN3O2. The largest absolute Gasteiger partial charge is 0.380 e. The summed E-state index contributed by atoms with van der Waals surface area (Å²) in [6.07, 6.45) is 2.67. The average Bonchev–Trinajstić information content (AvgIpc) is 2.46. The van der Waals surface area contributed by atoms with E-state index in [1.54, 1.807) is 7.05 Å². The predicted octanol–water partition coefficient (Wildman–Crippen LogP) is 2.65. The second-order valence-electron chi connectivity index (χ2n) is 6.64. The van der Waals surface area contributed by atoms with E-state index in [0.29, 0.717) is 18.6 Å². The van der Waals surface area contributed by atoms with Crippen LogP contribution in [0.25, 0.3) is 0 Å². The molecule has 0 radical (unpaired) electrons. The zero-order valence-corrected chi connectivity index (χ0v) is 17.1. The number of nitrogens with zero attached hydrogens (tertiary/aromatic N) is 1. The van der Waals surface area contributed by atoms with E-state index in [1.807, 2.05) is 6.92 Å². The molecule has 5 nitrogen and oxygen atoms in total. The van der Waals surface area contributed by atoms with Gasteiger partial charge in [-0.15, -0.1) is 24.0 Å². The highest BCUT2D eigenvalue weighted by Crippen LogP contribution is 2.33. The molecule has 2 unspecified atom stereocenters. The van der Waals surface area contributed by atoms with Crippen LogP contribution in [0.5, 0.6) is 0 Å². The lowest BCUT2D eigenvalue weighted by molar-refractivity contribution is -0.0835. The molecule has 22 heavy (non-hydrogen) atoms. The van der Waals surface area contributed by atoms with E-state index in [-0.39, 0.29) is 29.4 Å². The summed E-state index contributed by atoms with van der Waals surface area (Å²) in [5, 5.41) is 6.69. The topological polar surface area (TPSA) is 54.9 Å². The van der Waals surface area contributed by atoms with Gasteiger partial charge < -0.3 is 20.1 Å². The summed E-state index contributed by atoms with van der Waals surface area (Å²) in [5.74, 6) is 1.37. The minimum absolute atomic E-state index is 0. The molecule has 1 aliphatic rings. The van der Waals surface area contributed by atoms with Gasteiger partial charge in [-0.3, -0.25) is 4.99 Å². The summed E-state index contributed by atoms with van der Waals surface area (Å²) in [5.41, 5.74) is 0.179. The van der Waals surface area contributed by atoms with Crippen LogP contribution in [0.3, 0.4) is 0 Å². The molecule has 0 aromatic heterocycles. The monoisotopic (exact) mass is 427 g/mol. The molecule has 2 N–H and O–H groups in total. The van der Waals surface area contributed by atoms with Crippen molar-refractivity contribution >= 4 is 29.9 Å². The Morgan fingerprint density at radius 3 is 2.64 bits per heavy atom. The highest BCUT2D eigenvalue weighted by Gasteiger charge is 2.35. The van der Waals surface area contributed by atoms with Gasteiger partial charge in [0.05, 0.1) is 12.7 Å². The van der Waals surface area contributed by atoms with E-state index in [1.165, 1.54) is 6.42 Å². The second kappa shape index (κ2) is 11.5. The Balaban J connectivity index is 0.00000441. The summed E-state index contributed by atoms with van der Waals surface area (Å²) in [4.78, 5) is 4.26. The summed E-state index contributed by atoms with van der Waals surface area (Å²) in [6.45, 7) is 12.8. The van der Waals surface area contributed by atoms with Gasteiger partial charge in [0.1, 0.15) is 0 Å². The Morgan fingerprint density at radius 2 is 2.05 bits per heavy atom. The molecule has 0 aromatic rings. The highest BCUT2D eigenvalue weighted by molar-refractivity contribution is 14.0. The maximum Gasteiger partial charge on any atom is 0.191 e. The van der Waals surface area contributed by atoms with Gasteiger partial charge in [0.15, 0.2) is 5.96 Å². The first kappa shape index (κ1) is 21.9. The van der Waals surface area contributed by atoms with Crippen molar-refractivity contribution in [2.75, 3.05) is 40.0 Å². The van der Waals surface area contributed by atoms with Crippen molar-refractivity contribution in [3.8, 4) is 0 Å². The maximum absolute atomic E-state index is 6.01. The molecule has 1 saturated heterocycles. The third kappa shape index (κ3) is 7.97. The van der Waals surface area contributed by atoms with Crippen LogP contribution in [-0.4, -0.2) is 52.0 Å². The molecule has 0 bridgehead atoms. The quantitative estimate of drug-likeness (QED) is 0.296. The lowest BCUT2D eigenvalue weighted by Gasteiger charge is -2.40. The smallest absolute Gasteiger partial charge is 0.191 e. The molecule has 0 amide bonds. The SMILES string of the molecule is CCOCCNC(=NC)NCC1CCCOC1C(C)(C)C.I. The van der Waals surface area contributed by atoms with Crippen molar-refractivity contribution in [2.45, 2.75) is 46.6 Å². The van der Waals surface area contributed by atoms with Crippen molar-refractivity contribution in [3.05, 3.63) is 0 Å². The summed E-state index contributed by atoms with van der Waals surface area (Å²) in [7, 11) is 1.80. The zero-order valence-electron chi connectivity index (χ0n) is 14.8. The number of nitrogens with one attached hydrogen (secondary N) is 2. The molecular weight excluding hydrogens is 393 g/mol. The van der Waals surface area contributed by atoms with Gasteiger partial charge in [-0.2, -0.15) is 0 Å². The van der Waals surface area contributed by atoms with Gasteiger partial charge in [-0.1, -0.05) is 20.8 Å². The van der Waals surface area contributed by atoms with Crippen LogP contribution < -0.4 is 10.6 Å². The first-order valence-electron chi connectivity index (χ1n) is 8.13. The third-order valence-electron chi connectivity index (χ3n) is 3.80. The molecule has 1 heterocycles. The molecule has 0 saturated carbocycles. The van der Waals surface area contributed by atoms with Crippen LogP contribution in [0.4, 0.5) is 0 Å². The fourth-order valence-electron chi connectivity index (χ4n) is 2.84. The molecule has 1 rings (SSSR count). The Bertz CT molecular complexity index is 319. The average molecular weight is 427 g/mol. The Morgan fingerprint density at radius 1 is 1.32 bits per heavy atom. The van der Waals surface area contributed by atoms with Gasteiger partial charge in [0.25, 0.3) is 0 Å². The minimum atomic E-state index is 0.